The van der Waals surface area contributed by atoms with Crippen LogP contribution in [-0.2, 0) is 11.2 Å². The maximum Gasteiger partial charge on any atom is 0.256 e. The minimum Gasteiger partial charge on any atom is -0.384 e. The number of carbonyl (C=O) groups excluding carboxylic acids is 1. The molecule has 0 unspecified atom stereocenters. The second kappa shape index (κ2) is 8.77. The molecule has 160 valence electrons. The second-order valence-electron chi connectivity index (χ2n) is 7.37. The molecular formula is C23H24FN5O2. The van der Waals surface area contributed by atoms with Crippen molar-refractivity contribution in [1.82, 2.24) is 19.9 Å². The number of benzene rings is 1. The van der Waals surface area contributed by atoms with Crippen molar-refractivity contribution >= 4 is 11.7 Å². The number of nitrogens with zero attached hydrogens (tertiary/aromatic N) is 4. The number of aromatic nitrogens is 3. The van der Waals surface area contributed by atoms with Crippen molar-refractivity contribution in [2.45, 2.75) is 20.3 Å². The normalized spacial score (nSPS) is 14.0. The summed E-state index contributed by atoms with van der Waals surface area (Å²) in [5.74, 6) is -0.485. The molecule has 1 aliphatic heterocycles. The van der Waals surface area contributed by atoms with Crippen molar-refractivity contribution in [3.8, 4) is 22.4 Å². The topological polar surface area (TPSA) is 94.2 Å². The molecule has 1 amide bonds. The van der Waals surface area contributed by atoms with Crippen LogP contribution in [-0.4, -0.2) is 52.1 Å². The smallest absolute Gasteiger partial charge is 0.256 e. The number of halogens is 1. The van der Waals surface area contributed by atoms with Crippen LogP contribution >= 0.6 is 0 Å². The summed E-state index contributed by atoms with van der Waals surface area (Å²) in [6.45, 7) is 5.71. The number of amides is 1. The summed E-state index contributed by atoms with van der Waals surface area (Å²) in [7, 11) is 0. The van der Waals surface area contributed by atoms with E-state index in [1.54, 1.807) is 17.0 Å². The zero-order valence-electron chi connectivity index (χ0n) is 17.6. The van der Waals surface area contributed by atoms with Crippen LogP contribution in [0, 0.1) is 12.7 Å². The van der Waals surface area contributed by atoms with E-state index < -0.39 is 5.82 Å². The molecule has 1 fully saturated rings. The van der Waals surface area contributed by atoms with E-state index in [1.165, 1.54) is 18.5 Å². The van der Waals surface area contributed by atoms with E-state index in [-0.39, 0.29) is 11.5 Å². The Morgan fingerprint density at radius 2 is 1.97 bits per heavy atom. The summed E-state index contributed by atoms with van der Waals surface area (Å²) in [5.41, 5.74) is 10.2. The maximum absolute atomic E-state index is 15.0. The van der Waals surface area contributed by atoms with Crippen molar-refractivity contribution in [2.24, 2.45) is 0 Å². The minimum absolute atomic E-state index is 0.0438. The first kappa shape index (κ1) is 20.9. The summed E-state index contributed by atoms with van der Waals surface area (Å²) < 4.78 is 20.3. The van der Waals surface area contributed by atoms with Gasteiger partial charge < -0.3 is 15.4 Å². The van der Waals surface area contributed by atoms with Gasteiger partial charge in [-0.1, -0.05) is 13.0 Å². The largest absolute Gasteiger partial charge is 0.384 e. The summed E-state index contributed by atoms with van der Waals surface area (Å²) in [4.78, 5) is 27.6. The summed E-state index contributed by atoms with van der Waals surface area (Å²) in [6, 6.07) is 8.21. The number of nitrogens with two attached hydrogens (primary N) is 1. The predicted octanol–water partition coefficient (Wildman–Crippen LogP) is 3.27. The summed E-state index contributed by atoms with van der Waals surface area (Å²) >= 11 is 0. The van der Waals surface area contributed by atoms with Gasteiger partial charge in [0.2, 0.25) is 0 Å². The van der Waals surface area contributed by atoms with Gasteiger partial charge in [0.1, 0.15) is 18.0 Å². The highest BCUT2D eigenvalue weighted by Gasteiger charge is 2.23. The Morgan fingerprint density at radius 3 is 2.65 bits per heavy atom. The molecule has 7 nitrogen and oxygen atoms in total. The van der Waals surface area contributed by atoms with Crippen LogP contribution in [0.2, 0.25) is 0 Å². The highest BCUT2D eigenvalue weighted by Crippen LogP contribution is 2.35. The Morgan fingerprint density at radius 1 is 1.19 bits per heavy atom. The third kappa shape index (κ3) is 4.11. The standard InChI is InChI=1S/C23H24FN5O2/c1-3-19-21(16-6-7-20(25)28-14(16)2)22(27-13-26-19)15-4-5-17(18(24)12-15)23(30)29-8-10-31-11-9-29/h4-7,12-13H,3,8-11H2,1-2H3,(H2,25,28). The molecule has 4 rings (SSSR count). The summed E-state index contributed by atoms with van der Waals surface area (Å²) in [5, 5.41) is 0. The lowest BCUT2D eigenvalue weighted by Gasteiger charge is -2.27. The molecule has 0 aliphatic carbocycles. The Labute approximate surface area is 180 Å². The molecule has 1 aromatic carbocycles. The van der Waals surface area contributed by atoms with E-state index in [0.29, 0.717) is 49.8 Å². The number of hydrogen-bond acceptors (Lipinski definition) is 6. The lowest BCUT2D eigenvalue weighted by molar-refractivity contribution is 0.0300. The Balaban J connectivity index is 1.78. The molecule has 2 N–H and O–H groups in total. The molecular weight excluding hydrogens is 397 g/mol. The first-order valence-corrected chi connectivity index (χ1v) is 10.2. The van der Waals surface area contributed by atoms with E-state index in [1.807, 2.05) is 19.9 Å². The number of aryl methyl sites for hydroxylation is 2. The van der Waals surface area contributed by atoms with Gasteiger partial charge in [0.05, 0.1) is 30.2 Å². The fraction of sp³-hybridized carbons (Fsp3) is 0.304. The van der Waals surface area contributed by atoms with Gasteiger partial charge in [-0.25, -0.2) is 19.3 Å². The monoisotopic (exact) mass is 421 g/mol. The van der Waals surface area contributed by atoms with E-state index in [0.717, 1.165) is 22.5 Å². The van der Waals surface area contributed by atoms with Crippen LogP contribution in [0.5, 0.6) is 0 Å². The van der Waals surface area contributed by atoms with Gasteiger partial charge in [0.15, 0.2) is 0 Å². The quantitative estimate of drug-likeness (QED) is 0.695. The van der Waals surface area contributed by atoms with Crippen molar-refractivity contribution in [3.63, 3.8) is 0 Å². The van der Waals surface area contributed by atoms with Crippen LogP contribution in [0.3, 0.4) is 0 Å². The first-order chi connectivity index (χ1) is 15.0. The molecule has 2 aromatic heterocycles. The van der Waals surface area contributed by atoms with Crippen LogP contribution in [0.15, 0.2) is 36.7 Å². The number of hydrogen-bond donors (Lipinski definition) is 1. The van der Waals surface area contributed by atoms with E-state index in [9.17, 15) is 4.79 Å². The van der Waals surface area contributed by atoms with Crippen molar-refractivity contribution in [1.29, 1.82) is 0 Å². The zero-order valence-corrected chi connectivity index (χ0v) is 17.6. The molecule has 0 spiro atoms. The number of carbonyl (C=O) groups is 1. The van der Waals surface area contributed by atoms with Crippen LogP contribution in [0.25, 0.3) is 22.4 Å². The zero-order chi connectivity index (χ0) is 22.0. The molecule has 3 aromatic rings. The lowest BCUT2D eigenvalue weighted by atomic mass is 9.95. The van der Waals surface area contributed by atoms with Crippen molar-refractivity contribution < 1.29 is 13.9 Å². The van der Waals surface area contributed by atoms with Crippen molar-refractivity contribution in [2.75, 3.05) is 32.0 Å². The predicted molar refractivity (Wildman–Crippen MR) is 116 cm³/mol. The van der Waals surface area contributed by atoms with E-state index in [2.05, 4.69) is 15.0 Å². The molecule has 1 aliphatic rings. The third-order valence-corrected chi connectivity index (χ3v) is 5.41. The number of rotatable bonds is 4. The first-order valence-electron chi connectivity index (χ1n) is 10.2. The molecule has 0 atom stereocenters. The molecule has 8 heteroatoms. The van der Waals surface area contributed by atoms with Gasteiger partial charge in [-0.15, -0.1) is 0 Å². The average molecular weight is 421 g/mol. The highest BCUT2D eigenvalue weighted by atomic mass is 19.1. The number of ether oxygens (including phenoxy) is 1. The number of anilines is 1. The Bertz CT molecular complexity index is 1130. The van der Waals surface area contributed by atoms with Gasteiger partial charge in [0, 0.05) is 35.5 Å². The maximum atomic E-state index is 15.0. The highest BCUT2D eigenvalue weighted by molar-refractivity contribution is 5.95. The molecule has 1 saturated heterocycles. The van der Waals surface area contributed by atoms with E-state index >= 15 is 4.39 Å². The lowest BCUT2D eigenvalue weighted by Crippen LogP contribution is -2.41. The van der Waals surface area contributed by atoms with Gasteiger partial charge >= 0.3 is 0 Å². The number of pyridine rings is 1. The minimum atomic E-state index is -0.580. The van der Waals surface area contributed by atoms with Crippen molar-refractivity contribution in [3.05, 3.63) is 59.4 Å². The Kier molecular flexibility index (Phi) is 5.90. The fourth-order valence-corrected chi connectivity index (χ4v) is 3.81. The van der Waals surface area contributed by atoms with Crippen LogP contribution < -0.4 is 5.73 Å². The molecule has 0 saturated carbocycles. The SMILES string of the molecule is CCc1ncnc(-c2ccc(C(=O)N3CCOCC3)c(F)c2)c1-c1ccc(N)nc1C. The molecule has 31 heavy (non-hydrogen) atoms. The van der Waals surface area contributed by atoms with E-state index in [4.69, 9.17) is 10.5 Å². The molecule has 3 heterocycles. The van der Waals surface area contributed by atoms with Gasteiger partial charge in [0.25, 0.3) is 5.91 Å². The third-order valence-electron chi connectivity index (χ3n) is 5.41. The van der Waals surface area contributed by atoms with Crippen LogP contribution in [0.1, 0.15) is 28.7 Å². The van der Waals surface area contributed by atoms with Crippen LogP contribution in [0.4, 0.5) is 10.2 Å². The Hall–Kier alpha value is -3.39. The number of morpholine rings is 1. The fourth-order valence-electron chi connectivity index (χ4n) is 3.81. The summed E-state index contributed by atoms with van der Waals surface area (Å²) in [6.07, 6.45) is 2.15. The van der Waals surface area contributed by atoms with Gasteiger partial charge in [-0.3, -0.25) is 4.79 Å². The second-order valence-corrected chi connectivity index (χ2v) is 7.37. The average Bonchev–Trinajstić information content (AvgIpc) is 2.79. The number of nitrogen functional groups attached to an aromatic ring is 1. The molecule has 0 radical (unpaired) electrons. The molecule has 0 bridgehead atoms. The van der Waals surface area contributed by atoms with Gasteiger partial charge in [-0.05, 0) is 37.6 Å². The van der Waals surface area contributed by atoms with Gasteiger partial charge in [-0.2, -0.15) is 0 Å².